The molecule has 92 valence electrons. The fraction of sp³-hybridized carbons (Fsp3) is 0. The predicted molar refractivity (Wildman–Crippen MR) is 63.5 cm³/mol. The van der Waals surface area contributed by atoms with E-state index in [0.717, 1.165) is 6.07 Å². The summed E-state index contributed by atoms with van der Waals surface area (Å²) in [6.45, 7) is 0. The van der Waals surface area contributed by atoms with E-state index in [1.807, 2.05) is 0 Å². The molecule has 0 bridgehead atoms. The summed E-state index contributed by atoms with van der Waals surface area (Å²) in [4.78, 5) is 10.2. The number of hydrogen-bond acceptors (Lipinski definition) is 2. The molecule has 0 N–H and O–H groups in total. The van der Waals surface area contributed by atoms with Crippen molar-refractivity contribution < 1.29 is 13.7 Å². The van der Waals surface area contributed by atoms with Gasteiger partial charge in [0.05, 0.1) is 15.5 Å². The van der Waals surface area contributed by atoms with Crippen molar-refractivity contribution in [3.8, 4) is 11.1 Å². The van der Waals surface area contributed by atoms with E-state index in [-0.39, 0.29) is 21.8 Å². The van der Waals surface area contributed by atoms with Gasteiger partial charge in [-0.3, -0.25) is 10.1 Å². The molecule has 0 aliphatic heterocycles. The Morgan fingerprint density at radius 2 is 1.78 bits per heavy atom. The van der Waals surface area contributed by atoms with Crippen molar-refractivity contribution in [1.82, 2.24) is 0 Å². The lowest BCUT2D eigenvalue weighted by Gasteiger charge is -2.07. The van der Waals surface area contributed by atoms with Crippen LogP contribution in [-0.2, 0) is 0 Å². The first-order valence-electron chi connectivity index (χ1n) is 4.89. The van der Waals surface area contributed by atoms with Crippen LogP contribution in [-0.4, -0.2) is 4.92 Å². The Hall–Kier alpha value is -2.01. The van der Waals surface area contributed by atoms with Crippen molar-refractivity contribution in [2.24, 2.45) is 0 Å². The second-order valence-electron chi connectivity index (χ2n) is 3.49. The molecule has 0 atom stereocenters. The van der Waals surface area contributed by atoms with Crippen LogP contribution in [0.3, 0.4) is 0 Å². The first kappa shape index (κ1) is 12.4. The van der Waals surface area contributed by atoms with Crippen LogP contribution in [0.15, 0.2) is 36.4 Å². The lowest BCUT2D eigenvalue weighted by atomic mass is 10.0. The van der Waals surface area contributed by atoms with E-state index in [2.05, 4.69) is 0 Å². The van der Waals surface area contributed by atoms with Crippen molar-refractivity contribution >= 4 is 17.3 Å². The maximum atomic E-state index is 13.7. The second-order valence-corrected chi connectivity index (χ2v) is 3.90. The lowest BCUT2D eigenvalue weighted by molar-refractivity contribution is -0.384. The van der Waals surface area contributed by atoms with Crippen LogP contribution in [0, 0.1) is 21.7 Å². The molecule has 6 heteroatoms. The molecule has 0 fully saturated rings. The van der Waals surface area contributed by atoms with Gasteiger partial charge in [0.1, 0.15) is 0 Å². The van der Waals surface area contributed by atoms with Crippen molar-refractivity contribution in [3.05, 3.63) is 63.2 Å². The van der Waals surface area contributed by atoms with Crippen molar-refractivity contribution in [2.75, 3.05) is 0 Å². The summed E-state index contributed by atoms with van der Waals surface area (Å²) in [6.07, 6.45) is 0. The first-order chi connectivity index (χ1) is 8.52. The molecule has 3 nitrogen and oxygen atoms in total. The van der Waals surface area contributed by atoms with Crippen LogP contribution >= 0.6 is 11.6 Å². The molecular weight excluding hydrogens is 264 g/mol. The quantitative estimate of drug-likeness (QED) is 0.606. The highest BCUT2D eigenvalue weighted by atomic mass is 35.5. The van der Waals surface area contributed by atoms with Gasteiger partial charge in [0, 0.05) is 11.6 Å². The smallest absolute Gasteiger partial charge is 0.258 e. The number of hydrogen-bond donors (Lipinski definition) is 0. The van der Waals surface area contributed by atoms with Crippen LogP contribution < -0.4 is 0 Å². The zero-order valence-electron chi connectivity index (χ0n) is 8.86. The van der Waals surface area contributed by atoms with E-state index in [1.54, 1.807) is 0 Å². The number of benzene rings is 2. The normalized spacial score (nSPS) is 10.4. The van der Waals surface area contributed by atoms with E-state index in [0.29, 0.717) is 0 Å². The van der Waals surface area contributed by atoms with Gasteiger partial charge in [-0.1, -0.05) is 29.8 Å². The third-order valence-electron chi connectivity index (χ3n) is 2.41. The maximum absolute atomic E-state index is 13.7. The average molecular weight is 270 g/mol. The van der Waals surface area contributed by atoms with Gasteiger partial charge in [0.25, 0.3) is 5.69 Å². The summed E-state index contributed by atoms with van der Waals surface area (Å²) in [6, 6.07) is 7.38. The van der Waals surface area contributed by atoms with Crippen LogP contribution in [0.2, 0.25) is 5.02 Å². The van der Waals surface area contributed by atoms with Gasteiger partial charge in [0.2, 0.25) is 0 Å². The molecule has 2 aromatic rings. The van der Waals surface area contributed by atoms with Crippen molar-refractivity contribution in [1.29, 1.82) is 0 Å². The van der Waals surface area contributed by atoms with E-state index in [1.165, 1.54) is 30.3 Å². The van der Waals surface area contributed by atoms with Gasteiger partial charge in [-0.25, -0.2) is 8.78 Å². The molecule has 0 saturated heterocycles. The molecule has 2 aromatic carbocycles. The van der Waals surface area contributed by atoms with E-state index in [4.69, 9.17) is 11.6 Å². The van der Waals surface area contributed by atoms with E-state index < -0.39 is 16.6 Å². The third-order valence-corrected chi connectivity index (χ3v) is 2.72. The maximum Gasteiger partial charge on any atom is 0.278 e. The van der Waals surface area contributed by atoms with Gasteiger partial charge in [0.15, 0.2) is 11.6 Å². The summed E-state index contributed by atoms with van der Waals surface area (Å²) in [5.74, 6) is -2.24. The first-order valence-corrected chi connectivity index (χ1v) is 5.27. The highest BCUT2D eigenvalue weighted by Crippen LogP contribution is 2.37. The predicted octanol–water partition coefficient (Wildman–Crippen LogP) is 4.19. The lowest BCUT2D eigenvalue weighted by Crippen LogP contribution is -1.96. The standard InChI is InChI=1S/C12H6ClF2NO2/c13-8-4-2-6-10(16(17)18)11(8)7-3-1-5-9(14)12(7)15/h1-6H. The molecule has 0 saturated carbocycles. The summed E-state index contributed by atoms with van der Waals surface area (Å²) < 4.78 is 26.8. The zero-order chi connectivity index (χ0) is 13.3. The minimum atomic E-state index is -1.16. The molecule has 0 spiro atoms. The van der Waals surface area contributed by atoms with E-state index in [9.17, 15) is 18.9 Å². The Bertz CT molecular complexity index is 631. The number of halogens is 3. The van der Waals surface area contributed by atoms with Gasteiger partial charge in [-0.05, 0) is 12.1 Å². The Kier molecular flexibility index (Phi) is 3.25. The zero-order valence-corrected chi connectivity index (χ0v) is 9.62. The summed E-state index contributed by atoms with van der Waals surface area (Å²) >= 11 is 5.84. The summed E-state index contributed by atoms with van der Waals surface area (Å²) in [5, 5.41) is 10.9. The topological polar surface area (TPSA) is 43.1 Å². The van der Waals surface area contributed by atoms with Crippen LogP contribution in [0.5, 0.6) is 0 Å². The highest BCUT2D eigenvalue weighted by Gasteiger charge is 2.22. The second kappa shape index (κ2) is 4.70. The van der Waals surface area contributed by atoms with Crippen LogP contribution in [0.4, 0.5) is 14.5 Å². The molecule has 18 heavy (non-hydrogen) atoms. The van der Waals surface area contributed by atoms with Crippen molar-refractivity contribution in [3.63, 3.8) is 0 Å². The molecule has 0 unspecified atom stereocenters. The number of nitro groups is 1. The largest absolute Gasteiger partial charge is 0.278 e. The number of nitrogens with zero attached hydrogens (tertiary/aromatic N) is 1. The van der Waals surface area contributed by atoms with E-state index >= 15 is 0 Å². The Labute approximate surface area is 106 Å². The van der Waals surface area contributed by atoms with Gasteiger partial charge < -0.3 is 0 Å². The Balaban J connectivity index is 2.78. The molecule has 0 radical (unpaired) electrons. The van der Waals surface area contributed by atoms with Gasteiger partial charge in [-0.15, -0.1) is 0 Å². The Morgan fingerprint density at radius 1 is 1.11 bits per heavy atom. The summed E-state index contributed by atoms with van der Waals surface area (Å²) in [7, 11) is 0. The molecule has 0 heterocycles. The Morgan fingerprint density at radius 3 is 2.44 bits per heavy atom. The van der Waals surface area contributed by atoms with Gasteiger partial charge >= 0.3 is 0 Å². The van der Waals surface area contributed by atoms with Crippen molar-refractivity contribution in [2.45, 2.75) is 0 Å². The number of rotatable bonds is 2. The SMILES string of the molecule is O=[N+]([O-])c1cccc(Cl)c1-c1cccc(F)c1F. The average Bonchev–Trinajstić information content (AvgIpc) is 2.33. The van der Waals surface area contributed by atoms with Gasteiger partial charge in [-0.2, -0.15) is 0 Å². The third kappa shape index (κ3) is 2.04. The molecule has 0 aromatic heterocycles. The van der Waals surface area contributed by atoms with Crippen LogP contribution in [0.1, 0.15) is 0 Å². The summed E-state index contributed by atoms with van der Waals surface area (Å²) in [5.41, 5.74) is -0.722. The number of nitro benzene ring substituents is 1. The minimum Gasteiger partial charge on any atom is -0.258 e. The monoisotopic (exact) mass is 269 g/mol. The molecule has 0 amide bonds. The minimum absolute atomic E-state index is 0.00583. The molecule has 0 aliphatic carbocycles. The molecule has 2 rings (SSSR count). The highest BCUT2D eigenvalue weighted by molar-refractivity contribution is 6.33. The molecule has 0 aliphatic rings. The fourth-order valence-electron chi connectivity index (χ4n) is 1.63. The molecular formula is C12H6ClF2NO2. The fourth-order valence-corrected chi connectivity index (χ4v) is 1.90. The van der Waals surface area contributed by atoms with Crippen LogP contribution in [0.25, 0.3) is 11.1 Å².